The van der Waals surface area contributed by atoms with Crippen molar-refractivity contribution >= 4 is 28.4 Å². The van der Waals surface area contributed by atoms with Crippen LogP contribution in [0.15, 0.2) is 54.6 Å². The molecule has 0 aliphatic rings. The van der Waals surface area contributed by atoms with E-state index in [4.69, 9.17) is 16.6 Å². The molecule has 0 unspecified atom stereocenters. The van der Waals surface area contributed by atoms with Crippen molar-refractivity contribution in [3.63, 3.8) is 0 Å². The van der Waals surface area contributed by atoms with Gasteiger partial charge < -0.3 is 5.32 Å². The van der Waals surface area contributed by atoms with Crippen molar-refractivity contribution in [2.75, 3.05) is 0 Å². The van der Waals surface area contributed by atoms with Crippen molar-refractivity contribution in [2.24, 2.45) is 0 Å². The van der Waals surface area contributed by atoms with Gasteiger partial charge in [-0.15, -0.1) is 0 Å². The minimum Gasteiger partial charge on any atom is -0.350 e. The zero-order chi connectivity index (χ0) is 17.8. The molecule has 0 spiro atoms. The summed E-state index contributed by atoms with van der Waals surface area (Å²) in [6, 6.07) is 17.2. The second kappa shape index (κ2) is 7.66. The predicted molar refractivity (Wildman–Crippen MR) is 104 cm³/mol. The third-order valence-electron chi connectivity index (χ3n) is 4.20. The van der Waals surface area contributed by atoms with E-state index in [0.717, 1.165) is 35.0 Å². The SMILES string of the molecule is CCC[C@@H](C)NC(=O)c1cc(-c2ccc(Cl)cc2)nc2ccccc12. The number of carbonyl (C=O) groups is 1. The van der Waals surface area contributed by atoms with Crippen LogP contribution in [0, 0.1) is 0 Å². The van der Waals surface area contributed by atoms with Gasteiger partial charge in [0, 0.05) is 22.0 Å². The number of hydrogen-bond donors (Lipinski definition) is 1. The van der Waals surface area contributed by atoms with Gasteiger partial charge in [0.2, 0.25) is 0 Å². The highest BCUT2D eigenvalue weighted by Crippen LogP contribution is 2.26. The molecular formula is C21H21ClN2O. The average Bonchev–Trinajstić information content (AvgIpc) is 2.61. The molecule has 3 rings (SSSR count). The molecule has 1 atom stereocenters. The largest absolute Gasteiger partial charge is 0.350 e. The molecule has 1 N–H and O–H groups in total. The molecule has 1 amide bonds. The fourth-order valence-corrected chi connectivity index (χ4v) is 3.06. The molecule has 0 aliphatic heterocycles. The lowest BCUT2D eigenvalue weighted by molar-refractivity contribution is 0.0940. The summed E-state index contributed by atoms with van der Waals surface area (Å²) in [5.41, 5.74) is 3.16. The van der Waals surface area contributed by atoms with E-state index in [2.05, 4.69) is 12.2 Å². The van der Waals surface area contributed by atoms with Crippen LogP contribution in [0.1, 0.15) is 37.0 Å². The third-order valence-corrected chi connectivity index (χ3v) is 4.45. The summed E-state index contributed by atoms with van der Waals surface area (Å²) in [5, 5.41) is 4.63. The molecule has 0 radical (unpaired) electrons. The van der Waals surface area contributed by atoms with Gasteiger partial charge in [-0.3, -0.25) is 4.79 Å². The van der Waals surface area contributed by atoms with E-state index in [1.807, 2.05) is 61.5 Å². The van der Waals surface area contributed by atoms with Crippen LogP contribution in [-0.2, 0) is 0 Å². The molecule has 1 aromatic heterocycles. The number of hydrogen-bond acceptors (Lipinski definition) is 2. The second-order valence-corrected chi connectivity index (χ2v) is 6.68. The number of rotatable bonds is 5. The number of amides is 1. The van der Waals surface area contributed by atoms with Crippen molar-refractivity contribution in [3.8, 4) is 11.3 Å². The Labute approximate surface area is 153 Å². The Morgan fingerprint density at radius 1 is 1.16 bits per heavy atom. The first-order valence-electron chi connectivity index (χ1n) is 8.55. The van der Waals surface area contributed by atoms with E-state index in [0.29, 0.717) is 10.6 Å². The number of fused-ring (bicyclic) bond motifs is 1. The van der Waals surface area contributed by atoms with Crippen LogP contribution in [0.2, 0.25) is 5.02 Å². The maximum atomic E-state index is 12.8. The van der Waals surface area contributed by atoms with E-state index in [1.54, 1.807) is 0 Å². The highest BCUT2D eigenvalue weighted by molar-refractivity contribution is 6.30. The molecule has 0 saturated carbocycles. The second-order valence-electron chi connectivity index (χ2n) is 6.24. The number of pyridine rings is 1. The van der Waals surface area contributed by atoms with Crippen molar-refractivity contribution in [1.82, 2.24) is 10.3 Å². The van der Waals surface area contributed by atoms with Gasteiger partial charge >= 0.3 is 0 Å². The van der Waals surface area contributed by atoms with Gasteiger partial charge in [0.25, 0.3) is 5.91 Å². The zero-order valence-electron chi connectivity index (χ0n) is 14.4. The highest BCUT2D eigenvalue weighted by atomic mass is 35.5. The van der Waals surface area contributed by atoms with Gasteiger partial charge in [0.15, 0.2) is 0 Å². The first kappa shape index (κ1) is 17.4. The summed E-state index contributed by atoms with van der Waals surface area (Å²) in [6.07, 6.45) is 1.99. The molecule has 128 valence electrons. The van der Waals surface area contributed by atoms with Crippen LogP contribution in [0.4, 0.5) is 0 Å². The Kier molecular flexibility index (Phi) is 5.34. The van der Waals surface area contributed by atoms with E-state index < -0.39 is 0 Å². The van der Waals surface area contributed by atoms with Crippen LogP contribution >= 0.6 is 11.6 Å². The molecule has 0 fully saturated rings. The van der Waals surface area contributed by atoms with Crippen LogP contribution in [0.3, 0.4) is 0 Å². The maximum absolute atomic E-state index is 12.8. The monoisotopic (exact) mass is 352 g/mol. The summed E-state index contributed by atoms with van der Waals surface area (Å²) in [6.45, 7) is 4.15. The Balaban J connectivity index is 2.06. The van der Waals surface area contributed by atoms with E-state index in [1.165, 1.54) is 0 Å². The lowest BCUT2D eigenvalue weighted by Crippen LogP contribution is -2.32. The lowest BCUT2D eigenvalue weighted by Gasteiger charge is -2.15. The molecule has 4 heteroatoms. The van der Waals surface area contributed by atoms with Crippen molar-refractivity contribution < 1.29 is 4.79 Å². The molecule has 0 bridgehead atoms. The molecular weight excluding hydrogens is 332 g/mol. The van der Waals surface area contributed by atoms with E-state index in [-0.39, 0.29) is 11.9 Å². The van der Waals surface area contributed by atoms with Crippen LogP contribution in [0.25, 0.3) is 22.2 Å². The number of para-hydroxylation sites is 1. The van der Waals surface area contributed by atoms with Gasteiger partial charge in [-0.25, -0.2) is 4.98 Å². The third kappa shape index (κ3) is 3.99. The molecule has 2 aromatic carbocycles. The molecule has 25 heavy (non-hydrogen) atoms. The average molecular weight is 353 g/mol. The van der Waals surface area contributed by atoms with Crippen molar-refractivity contribution in [2.45, 2.75) is 32.7 Å². The molecule has 3 aromatic rings. The van der Waals surface area contributed by atoms with Gasteiger partial charge in [0.1, 0.15) is 0 Å². The number of halogens is 1. The number of carbonyl (C=O) groups excluding carboxylic acids is 1. The summed E-state index contributed by atoms with van der Waals surface area (Å²) in [4.78, 5) is 17.5. The van der Waals surface area contributed by atoms with Gasteiger partial charge in [0.05, 0.1) is 16.8 Å². The first-order valence-corrected chi connectivity index (χ1v) is 8.93. The highest BCUT2D eigenvalue weighted by Gasteiger charge is 2.15. The number of benzene rings is 2. The predicted octanol–water partition coefficient (Wildman–Crippen LogP) is 5.47. The molecule has 3 nitrogen and oxygen atoms in total. The molecule has 1 heterocycles. The quantitative estimate of drug-likeness (QED) is 0.661. The van der Waals surface area contributed by atoms with Crippen LogP contribution < -0.4 is 5.32 Å². The fourth-order valence-electron chi connectivity index (χ4n) is 2.94. The zero-order valence-corrected chi connectivity index (χ0v) is 15.2. The van der Waals surface area contributed by atoms with Gasteiger partial charge in [-0.1, -0.05) is 55.3 Å². The Morgan fingerprint density at radius 2 is 1.88 bits per heavy atom. The van der Waals surface area contributed by atoms with Crippen molar-refractivity contribution in [1.29, 1.82) is 0 Å². The normalized spacial score (nSPS) is 12.1. The number of aromatic nitrogens is 1. The van der Waals surface area contributed by atoms with Gasteiger partial charge in [-0.2, -0.15) is 0 Å². The smallest absolute Gasteiger partial charge is 0.252 e. The topological polar surface area (TPSA) is 42.0 Å². The molecule has 0 aliphatic carbocycles. The Bertz CT molecular complexity index is 890. The minimum absolute atomic E-state index is 0.0604. The number of nitrogens with zero attached hydrogens (tertiary/aromatic N) is 1. The summed E-state index contributed by atoms with van der Waals surface area (Å²) < 4.78 is 0. The maximum Gasteiger partial charge on any atom is 0.252 e. The summed E-state index contributed by atoms with van der Waals surface area (Å²) in [5.74, 6) is -0.0604. The lowest BCUT2D eigenvalue weighted by atomic mass is 10.0. The van der Waals surface area contributed by atoms with E-state index >= 15 is 0 Å². The fraction of sp³-hybridized carbons (Fsp3) is 0.238. The summed E-state index contributed by atoms with van der Waals surface area (Å²) >= 11 is 5.98. The van der Waals surface area contributed by atoms with E-state index in [9.17, 15) is 4.79 Å². The Hall–Kier alpha value is -2.39. The Morgan fingerprint density at radius 3 is 2.60 bits per heavy atom. The van der Waals surface area contributed by atoms with Crippen LogP contribution in [-0.4, -0.2) is 16.9 Å². The number of nitrogens with one attached hydrogen (secondary N) is 1. The summed E-state index contributed by atoms with van der Waals surface area (Å²) in [7, 11) is 0. The first-order chi connectivity index (χ1) is 12.1. The van der Waals surface area contributed by atoms with Gasteiger partial charge in [-0.05, 0) is 37.6 Å². The minimum atomic E-state index is -0.0604. The van der Waals surface area contributed by atoms with Crippen LogP contribution in [0.5, 0.6) is 0 Å². The van der Waals surface area contributed by atoms with Crippen molar-refractivity contribution in [3.05, 3.63) is 65.2 Å². The molecule has 0 saturated heterocycles. The standard InChI is InChI=1S/C21H21ClN2O/c1-3-6-14(2)23-21(25)18-13-20(15-9-11-16(22)12-10-15)24-19-8-5-4-7-17(18)19/h4-5,7-14H,3,6H2,1-2H3,(H,23,25)/t14-/m1/s1.